The normalized spacial score (nSPS) is 37.7. The molecule has 6 atom stereocenters. The molecule has 18 heavy (non-hydrogen) atoms. The summed E-state index contributed by atoms with van der Waals surface area (Å²) >= 11 is 0. The van der Waals surface area contributed by atoms with E-state index in [-0.39, 0.29) is 5.48 Å². The van der Waals surface area contributed by atoms with Gasteiger partial charge in [0.2, 0.25) is 0 Å². The minimum Gasteiger partial charge on any atom is -0.479 e. The van der Waals surface area contributed by atoms with Crippen LogP contribution >= 0.6 is 0 Å². The highest BCUT2D eigenvalue weighted by Gasteiger charge is 2.44. The number of aliphatic hydroxyl groups is 3. The van der Waals surface area contributed by atoms with Crippen molar-refractivity contribution >= 4 is 5.97 Å². The number of aliphatic hydroxyl groups excluding tert-OH is 3. The molecule has 0 amide bonds. The van der Waals surface area contributed by atoms with E-state index in [1.54, 1.807) is 0 Å². The number of nitrogens with two attached hydrogens (primary N) is 1. The fourth-order valence-corrected chi connectivity index (χ4v) is 1.57. The second-order valence-electron chi connectivity index (χ2n) is 3.90. The molecule has 1 rings (SSSR count). The van der Waals surface area contributed by atoms with Crippen molar-refractivity contribution in [3.63, 3.8) is 0 Å². The van der Waals surface area contributed by atoms with E-state index in [1.807, 2.05) is 0 Å². The molecule has 0 saturated carbocycles. The average molecular weight is 269 g/mol. The van der Waals surface area contributed by atoms with Gasteiger partial charge in [0.15, 0.2) is 12.4 Å². The molecule has 1 heterocycles. The van der Waals surface area contributed by atoms with Gasteiger partial charge in [-0.1, -0.05) is 0 Å². The van der Waals surface area contributed by atoms with Gasteiger partial charge in [-0.25, -0.2) is 4.79 Å². The molecular formula is C9H19NO8. The van der Waals surface area contributed by atoms with Gasteiger partial charge in [-0.05, 0) is 6.92 Å². The first-order chi connectivity index (χ1) is 7.88. The lowest BCUT2D eigenvalue weighted by molar-refractivity contribution is -0.262. The second-order valence-corrected chi connectivity index (χ2v) is 3.90. The van der Waals surface area contributed by atoms with Crippen molar-refractivity contribution in [2.24, 2.45) is 5.73 Å². The molecule has 1 saturated heterocycles. The summed E-state index contributed by atoms with van der Waals surface area (Å²) in [6.45, 7) is 0.740. The number of hydrogen-bond donors (Lipinski definition) is 5. The Morgan fingerprint density at radius 1 is 1.50 bits per heavy atom. The zero-order valence-corrected chi connectivity index (χ0v) is 9.76. The topological polar surface area (TPSA) is 174 Å². The number of rotatable bonds is 4. The van der Waals surface area contributed by atoms with Crippen molar-refractivity contribution < 1.29 is 40.2 Å². The summed E-state index contributed by atoms with van der Waals surface area (Å²) in [5.41, 5.74) is 5.54. The maximum absolute atomic E-state index is 10.6. The second kappa shape index (κ2) is 6.95. The van der Waals surface area contributed by atoms with Crippen LogP contribution in [-0.4, -0.2) is 75.2 Å². The van der Waals surface area contributed by atoms with Crippen molar-refractivity contribution in [3.05, 3.63) is 0 Å². The molecule has 108 valence electrons. The van der Waals surface area contributed by atoms with Crippen LogP contribution in [0.2, 0.25) is 0 Å². The van der Waals surface area contributed by atoms with Crippen molar-refractivity contribution in [1.82, 2.24) is 0 Å². The highest BCUT2D eigenvalue weighted by atomic mass is 16.6. The minimum absolute atomic E-state index is 0. The molecule has 1 fully saturated rings. The third-order valence-electron chi connectivity index (χ3n) is 2.63. The van der Waals surface area contributed by atoms with Gasteiger partial charge in [-0.2, -0.15) is 0 Å². The molecule has 1 aliphatic rings. The first-order valence-electron chi connectivity index (χ1n) is 5.14. The van der Waals surface area contributed by atoms with Crippen LogP contribution in [0, 0.1) is 0 Å². The summed E-state index contributed by atoms with van der Waals surface area (Å²) in [5.74, 6) is -1.22. The number of ether oxygens (including phenoxy) is 2. The summed E-state index contributed by atoms with van der Waals surface area (Å²) in [7, 11) is 0. The van der Waals surface area contributed by atoms with Gasteiger partial charge in [-0.15, -0.1) is 0 Å². The van der Waals surface area contributed by atoms with E-state index in [0.717, 1.165) is 0 Å². The van der Waals surface area contributed by atoms with Gasteiger partial charge in [0.1, 0.15) is 18.3 Å². The fourth-order valence-electron chi connectivity index (χ4n) is 1.57. The Morgan fingerprint density at radius 2 is 2.06 bits per heavy atom. The third-order valence-corrected chi connectivity index (χ3v) is 2.63. The first-order valence-corrected chi connectivity index (χ1v) is 5.14. The number of carboxylic acids is 1. The molecule has 0 spiro atoms. The van der Waals surface area contributed by atoms with E-state index in [1.165, 1.54) is 6.92 Å². The lowest BCUT2D eigenvalue weighted by Crippen LogP contribution is -2.63. The molecule has 1 aliphatic heterocycles. The molecule has 0 aliphatic carbocycles. The molecule has 1 unspecified atom stereocenters. The lowest BCUT2D eigenvalue weighted by atomic mass is 9.97. The number of hydrogen-bond acceptors (Lipinski definition) is 7. The van der Waals surface area contributed by atoms with E-state index >= 15 is 0 Å². The van der Waals surface area contributed by atoms with Crippen molar-refractivity contribution in [2.75, 3.05) is 6.61 Å². The highest BCUT2D eigenvalue weighted by molar-refractivity contribution is 5.71. The molecule has 0 radical (unpaired) electrons. The quantitative estimate of drug-likeness (QED) is 0.348. The SMILES string of the molecule is C[C@@H](O[C@H]1[C@H](O)[C@@H](CO)OC(O)[C@@H]1N)C(=O)O.O. The summed E-state index contributed by atoms with van der Waals surface area (Å²) in [6.07, 6.45) is -6.11. The smallest absolute Gasteiger partial charge is 0.332 e. The zero-order chi connectivity index (χ0) is 13.2. The van der Waals surface area contributed by atoms with Crippen LogP contribution in [0.3, 0.4) is 0 Å². The third kappa shape index (κ3) is 3.59. The summed E-state index contributed by atoms with van der Waals surface area (Å²) in [6, 6.07) is -1.09. The van der Waals surface area contributed by atoms with Gasteiger partial charge in [-0.3, -0.25) is 0 Å². The standard InChI is InChI=1S/C9H17NO7.H2O/c1-3(8(13)14)16-7-5(10)9(15)17-4(2-11)6(7)12;/h3-7,9,11-12,15H,2,10H2,1H3,(H,13,14);1H2/t3-,4-,5-,6-,7-,9?;/m1./s1. The Morgan fingerprint density at radius 3 is 2.50 bits per heavy atom. The molecule has 9 heteroatoms. The van der Waals surface area contributed by atoms with Crippen LogP contribution in [0.1, 0.15) is 6.92 Å². The van der Waals surface area contributed by atoms with Crippen LogP contribution in [-0.2, 0) is 14.3 Å². The van der Waals surface area contributed by atoms with E-state index < -0.39 is 49.3 Å². The molecule has 0 bridgehead atoms. The highest BCUT2D eigenvalue weighted by Crippen LogP contribution is 2.22. The van der Waals surface area contributed by atoms with Gasteiger partial charge in [0.25, 0.3) is 0 Å². The van der Waals surface area contributed by atoms with E-state index in [0.29, 0.717) is 0 Å². The van der Waals surface area contributed by atoms with Crippen LogP contribution in [0.25, 0.3) is 0 Å². The lowest BCUT2D eigenvalue weighted by Gasteiger charge is -2.41. The minimum atomic E-state index is -1.43. The van der Waals surface area contributed by atoms with Gasteiger partial charge < -0.3 is 41.1 Å². The Bertz CT molecular complexity index is 275. The Labute approximate surface area is 103 Å². The predicted octanol–water partition coefficient (Wildman–Crippen LogP) is -3.58. The summed E-state index contributed by atoms with van der Waals surface area (Å²) in [5, 5.41) is 36.8. The molecule has 0 aromatic heterocycles. The van der Waals surface area contributed by atoms with Crippen LogP contribution in [0.5, 0.6) is 0 Å². The zero-order valence-electron chi connectivity index (χ0n) is 9.76. The van der Waals surface area contributed by atoms with E-state index in [9.17, 15) is 15.0 Å². The maximum atomic E-state index is 10.6. The molecular weight excluding hydrogens is 250 g/mol. The Hall–Kier alpha value is -0.810. The van der Waals surface area contributed by atoms with Gasteiger partial charge in [0, 0.05) is 0 Å². The number of carboxylic acid groups (broad SMARTS) is 1. The monoisotopic (exact) mass is 269 g/mol. The maximum Gasteiger partial charge on any atom is 0.332 e. The fraction of sp³-hybridized carbons (Fsp3) is 0.889. The van der Waals surface area contributed by atoms with Crippen molar-refractivity contribution in [3.8, 4) is 0 Å². The summed E-state index contributed by atoms with van der Waals surface area (Å²) in [4.78, 5) is 10.6. The predicted molar refractivity (Wildman–Crippen MR) is 57.5 cm³/mol. The van der Waals surface area contributed by atoms with Crippen molar-refractivity contribution in [1.29, 1.82) is 0 Å². The Kier molecular flexibility index (Phi) is 6.63. The van der Waals surface area contributed by atoms with Crippen LogP contribution in [0.15, 0.2) is 0 Å². The number of carbonyl (C=O) groups is 1. The van der Waals surface area contributed by atoms with Crippen LogP contribution in [0.4, 0.5) is 0 Å². The molecule has 8 N–H and O–H groups in total. The summed E-state index contributed by atoms with van der Waals surface area (Å²) < 4.78 is 9.89. The van der Waals surface area contributed by atoms with Gasteiger partial charge >= 0.3 is 5.97 Å². The molecule has 0 aromatic carbocycles. The average Bonchev–Trinajstić information content (AvgIpc) is 2.28. The molecule has 0 aromatic rings. The van der Waals surface area contributed by atoms with Crippen molar-refractivity contribution in [2.45, 2.75) is 43.7 Å². The van der Waals surface area contributed by atoms with Crippen LogP contribution < -0.4 is 5.73 Å². The van der Waals surface area contributed by atoms with Gasteiger partial charge in [0.05, 0.1) is 12.6 Å². The van der Waals surface area contributed by atoms with E-state index in [2.05, 4.69) is 0 Å². The first kappa shape index (κ1) is 17.2. The molecule has 9 nitrogen and oxygen atoms in total. The largest absolute Gasteiger partial charge is 0.479 e. The Balaban J connectivity index is 0.00000289. The van der Waals surface area contributed by atoms with E-state index in [4.69, 9.17) is 25.4 Å². The number of aliphatic carboxylic acids is 1.